The van der Waals surface area contributed by atoms with Gasteiger partial charge in [-0.1, -0.05) is 11.6 Å². The van der Waals surface area contributed by atoms with Crippen LogP contribution in [0.15, 0.2) is 36.7 Å². The van der Waals surface area contributed by atoms with E-state index in [1.54, 1.807) is 35.5 Å². The lowest BCUT2D eigenvalue weighted by Gasteiger charge is -2.23. The van der Waals surface area contributed by atoms with Crippen molar-refractivity contribution < 1.29 is 4.79 Å². The predicted molar refractivity (Wildman–Crippen MR) is 84.2 cm³/mol. The van der Waals surface area contributed by atoms with Gasteiger partial charge in [0.15, 0.2) is 0 Å². The van der Waals surface area contributed by atoms with E-state index in [1.807, 2.05) is 29.2 Å². The molecule has 1 atom stereocenters. The van der Waals surface area contributed by atoms with E-state index in [9.17, 15) is 4.79 Å². The number of aromatic nitrogens is 1. The third-order valence-electron chi connectivity index (χ3n) is 3.20. The number of halogens is 1. The molecule has 104 valence electrons. The molecule has 3 rings (SSSR count). The molecule has 1 amide bonds. The first-order valence-corrected chi connectivity index (χ1v) is 8.53. The summed E-state index contributed by atoms with van der Waals surface area (Å²) in [6, 6.07) is 7.89. The fourth-order valence-electron chi connectivity index (χ4n) is 2.19. The van der Waals surface area contributed by atoms with E-state index in [0.29, 0.717) is 5.75 Å². The number of carbonyl (C=O) groups is 1. The number of hydrogen-bond donors (Lipinski definition) is 0. The number of carbonyl (C=O) groups excluding carboxylic acids is 1. The van der Waals surface area contributed by atoms with Crippen LogP contribution in [0.3, 0.4) is 0 Å². The average Bonchev–Trinajstić information content (AvgIpc) is 3.04. The zero-order chi connectivity index (χ0) is 13.9. The minimum atomic E-state index is 0.113. The number of amides is 1. The molecule has 0 spiro atoms. The number of rotatable bonds is 4. The summed E-state index contributed by atoms with van der Waals surface area (Å²) >= 11 is 9.22. The number of pyridine rings is 1. The van der Waals surface area contributed by atoms with Crippen LogP contribution in [0.5, 0.6) is 0 Å². The second-order valence-corrected chi connectivity index (χ2v) is 7.31. The van der Waals surface area contributed by atoms with Gasteiger partial charge >= 0.3 is 0 Å². The molecule has 3 heterocycles. The monoisotopic (exact) mass is 324 g/mol. The maximum atomic E-state index is 12.1. The Morgan fingerprint density at radius 2 is 2.10 bits per heavy atom. The summed E-state index contributed by atoms with van der Waals surface area (Å²) in [7, 11) is 0. The lowest BCUT2D eigenvalue weighted by atomic mass is 10.2. The van der Waals surface area contributed by atoms with Crippen LogP contribution < -0.4 is 0 Å². The molecule has 3 nitrogen and oxygen atoms in total. The summed E-state index contributed by atoms with van der Waals surface area (Å²) < 4.78 is 0.772. The molecule has 2 aromatic heterocycles. The third kappa shape index (κ3) is 3.00. The van der Waals surface area contributed by atoms with Gasteiger partial charge in [0.1, 0.15) is 5.37 Å². The molecule has 1 unspecified atom stereocenters. The van der Waals surface area contributed by atoms with Crippen LogP contribution in [0.1, 0.15) is 15.8 Å². The topological polar surface area (TPSA) is 33.2 Å². The van der Waals surface area contributed by atoms with Gasteiger partial charge in [-0.15, -0.1) is 23.1 Å². The van der Waals surface area contributed by atoms with E-state index in [2.05, 4.69) is 4.98 Å². The van der Waals surface area contributed by atoms with Crippen molar-refractivity contribution in [3.8, 4) is 0 Å². The molecule has 1 fully saturated rings. The van der Waals surface area contributed by atoms with Crippen molar-refractivity contribution in [3.63, 3.8) is 0 Å². The predicted octanol–water partition coefficient (Wildman–Crippen LogP) is 3.61. The van der Waals surface area contributed by atoms with Crippen molar-refractivity contribution >= 4 is 40.6 Å². The summed E-state index contributed by atoms with van der Waals surface area (Å²) in [4.78, 5) is 19.2. The van der Waals surface area contributed by atoms with Gasteiger partial charge in [0.2, 0.25) is 5.91 Å². The van der Waals surface area contributed by atoms with E-state index in [1.165, 1.54) is 5.56 Å². The Bertz CT molecular complexity index is 602. The lowest BCUT2D eigenvalue weighted by molar-refractivity contribution is -0.127. The SMILES string of the molecule is O=C1CSC(c2ccc(Cl)s2)N1CCc1ccncc1. The van der Waals surface area contributed by atoms with Crippen LogP contribution in [-0.4, -0.2) is 28.1 Å². The fourth-order valence-corrected chi connectivity index (χ4v) is 4.71. The summed E-state index contributed by atoms with van der Waals surface area (Å²) in [5.41, 5.74) is 1.20. The largest absolute Gasteiger partial charge is 0.325 e. The Balaban J connectivity index is 1.71. The molecule has 2 aromatic rings. The van der Waals surface area contributed by atoms with Crippen molar-refractivity contribution in [1.82, 2.24) is 9.88 Å². The molecule has 6 heteroatoms. The Kier molecular flexibility index (Phi) is 4.29. The van der Waals surface area contributed by atoms with Gasteiger partial charge in [-0.25, -0.2) is 0 Å². The molecule has 0 saturated carbocycles. The van der Waals surface area contributed by atoms with Gasteiger partial charge < -0.3 is 4.90 Å². The standard InChI is InChI=1S/C14H13ClN2OS2/c15-12-2-1-11(20-12)14-17(13(18)9-19-14)8-5-10-3-6-16-7-4-10/h1-4,6-7,14H,5,8-9H2. The van der Waals surface area contributed by atoms with E-state index < -0.39 is 0 Å². The highest BCUT2D eigenvalue weighted by atomic mass is 35.5. The minimum Gasteiger partial charge on any atom is -0.325 e. The second kappa shape index (κ2) is 6.16. The Hall–Kier alpha value is -1.04. The first-order chi connectivity index (χ1) is 9.74. The molecule has 0 bridgehead atoms. The third-order valence-corrected chi connectivity index (χ3v) is 5.87. The maximum absolute atomic E-state index is 12.1. The normalized spacial score (nSPS) is 18.8. The van der Waals surface area contributed by atoms with Gasteiger partial charge in [0.25, 0.3) is 0 Å². The number of thioether (sulfide) groups is 1. The average molecular weight is 325 g/mol. The quantitative estimate of drug-likeness (QED) is 0.861. The molecule has 0 N–H and O–H groups in total. The molecule has 0 aromatic carbocycles. The minimum absolute atomic E-state index is 0.113. The highest BCUT2D eigenvalue weighted by Gasteiger charge is 2.33. The highest BCUT2D eigenvalue weighted by Crippen LogP contribution is 2.42. The number of hydrogen-bond acceptors (Lipinski definition) is 4. The molecule has 1 aliphatic heterocycles. The van der Waals surface area contributed by atoms with Gasteiger partial charge in [-0.2, -0.15) is 0 Å². The van der Waals surface area contributed by atoms with Crippen molar-refractivity contribution in [2.24, 2.45) is 0 Å². The molecule has 1 aliphatic rings. The first-order valence-electron chi connectivity index (χ1n) is 6.29. The van der Waals surface area contributed by atoms with Crippen LogP contribution in [0.25, 0.3) is 0 Å². The van der Waals surface area contributed by atoms with Crippen LogP contribution in [0.2, 0.25) is 4.34 Å². The van der Waals surface area contributed by atoms with E-state index in [-0.39, 0.29) is 11.3 Å². The fraction of sp³-hybridized carbons (Fsp3) is 0.286. The summed E-state index contributed by atoms with van der Waals surface area (Å²) in [5.74, 6) is 0.759. The summed E-state index contributed by atoms with van der Waals surface area (Å²) in [6.07, 6.45) is 4.42. The van der Waals surface area contributed by atoms with E-state index >= 15 is 0 Å². The molecular weight excluding hydrogens is 312 g/mol. The summed E-state index contributed by atoms with van der Waals surface area (Å²) in [6.45, 7) is 0.732. The molecular formula is C14H13ClN2OS2. The molecule has 20 heavy (non-hydrogen) atoms. The molecule has 0 aliphatic carbocycles. The van der Waals surface area contributed by atoms with Gasteiger partial charge in [0.05, 0.1) is 10.1 Å². The van der Waals surface area contributed by atoms with Crippen molar-refractivity contribution in [2.75, 3.05) is 12.3 Å². The van der Waals surface area contributed by atoms with Crippen molar-refractivity contribution in [3.05, 3.63) is 51.4 Å². The second-order valence-electron chi connectivity index (χ2n) is 4.50. The smallest absolute Gasteiger partial charge is 0.233 e. The number of thiophene rings is 1. The number of nitrogens with zero attached hydrogens (tertiary/aromatic N) is 2. The Morgan fingerprint density at radius 3 is 2.80 bits per heavy atom. The van der Waals surface area contributed by atoms with Crippen LogP contribution in [0, 0.1) is 0 Å². The lowest BCUT2D eigenvalue weighted by Crippen LogP contribution is -2.30. The summed E-state index contributed by atoms with van der Waals surface area (Å²) in [5, 5.41) is 0.113. The van der Waals surface area contributed by atoms with Gasteiger partial charge in [-0.05, 0) is 36.2 Å². The van der Waals surface area contributed by atoms with Gasteiger partial charge in [0, 0.05) is 23.8 Å². The van der Waals surface area contributed by atoms with Crippen molar-refractivity contribution in [1.29, 1.82) is 0 Å². The van der Waals surface area contributed by atoms with Crippen LogP contribution in [0.4, 0.5) is 0 Å². The van der Waals surface area contributed by atoms with E-state index in [0.717, 1.165) is 22.2 Å². The van der Waals surface area contributed by atoms with Crippen molar-refractivity contribution in [2.45, 2.75) is 11.8 Å². The Labute approximate surface area is 131 Å². The zero-order valence-electron chi connectivity index (χ0n) is 10.7. The molecule has 1 saturated heterocycles. The highest BCUT2D eigenvalue weighted by molar-refractivity contribution is 8.00. The van der Waals surface area contributed by atoms with Gasteiger partial charge in [-0.3, -0.25) is 9.78 Å². The van der Waals surface area contributed by atoms with Crippen LogP contribution in [-0.2, 0) is 11.2 Å². The Morgan fingerprint density at radius 1 is 1.30 bits per heavy atom. The van der Waals surface area contributed by atoms with E-state index in [4.69, 9.17) is 11.6 Å². The molecule has 0 radical (unpaired) electrons. The van der Waals surface area contributed by atoms with Crippen LogP contribution >= 0.6 is 34.7 Å². The zero-order valence-corrected chi connectivity index (χ0v) is 13.0. The first kappa shape index (κ1) is 13.9. The maximum Gasteiger partial charge on any atom is 0.233 e.